The Balaban J connectivity index is 2.00. The van der Waals surface area contributed by atoms with Crippen LogP contribution in [-0.4, -0.2) is 23.1 Å². The highest BCUT2D eigenvalue weighted by molar-refractivity contribution is 5.97. The summed E-state index contributed by atoms with van der Waals surface area (Å²) in [7, 11) is 0. The van der Waals surface area contributed by atoms with E-state index in [0.29, 0.717) is 5.76 Å². The minimum atomic E-state index is -0.977. The van der Waals surface area contributed by atoms with Crippen LogP contribution in [0.2, 0.25) is 0 Å². The van der Waals surface area contributed by atoms with Gasteiger partial charge in [0.15, 0.2) is 11.9 Å². The molecule has 7 heteroatoms. The van der Waals surface area contributed by atoms with Gasteiger partial charge in [-0.05, 0) is 37.6 Å². The van der Waals surface area contributed by atoms with Gasteiger partial charge in [0.1, 0.15) is 11.6 Å². The van der Waals surface area contributed by atoms with Crippen molar-refractivity contribution in [2.24, 2.45) is 0 Å². The molecular formula is C15H15FN2O4. The minimum Gasteiger partial charge on any atom is -0.449 e. The predicted octanol–water partition coefficient (Wildman–Crippen LogP) is 2.70. The lowest BCUT2D eigenvalue weighted by Crippen LogP contribution is -2.32. The van der Waals surface area contributed by atoms with Crippen molar-refractivity contribution in [2.45, 2.75) is 26.4 Å². The van der Waals surface area contributed by atoms with Crippen LogP contribution in [0.4, 0.5) is 10.2 Å². The molecule has 2 rings (SSSR count). The Morgan fingerprint density at radius 1 is 1.36 bits per heavy atom. The highest BCUT2D eigenvalue weighted by atomic mass is 19.1. The van der Waals surface area contributed by atoms with E-state index >= 15 is 0 Å². The summed E-state index contributed by atoms with van der Waals surface area (Å²) in [6, 6.07) is 6.44. The van der Waals surface area contributed by atoms with E-state index in [0.717, 1.165) is 12.1 Å². The number of nitrogens with one attached hydrogen (secondary N) is 1. The Bertz CT molecular complexity index is 666. The molecule has 0 bridgehead atoms. The Kier molecular flexibility index (Phi) is 4.88. The van der Waals surface area contributed by atoms with Crippen LogP contribution in [0, 0.1) is 12.7 Å². The zero-order chi connectivity index (χ0) is 16.1. The van der Waals surface area contributed by atoms with Gasteiger partial charge in [-0.3, -0.25) is 4.79 Å². The smallest absolute Gasteiger partial charge is 0.338 e. The SMILES string of the molecule is CC[C@H](OC(=O)c1ccc(F)cc1)C(=O)Nc1cc(C)on1. The van der Waals surface area contributed by atoms with Gasteiger partial charge in [-0.2, -0.15) is 0 Å². The molecule has 1 amide bonds. The maximum atomic E-state index is 12.8. The molecule has 0 aliphatic heterocycles. The van der Waals surface area contributed by atoms with Crippen molar-refractivity contribution >= 4 is 17.7 Å². The summed E-state index contributed by atoms with van der Waals surface area (Å²) in [4.78, 5) is 24.0. The first kappa shape index (κ1) is 15.7. The van der Waals surface area contributed by atoms with E-state index in [9.17, 15) is 14.0 Å². The molecule has 1 atom stereocenters. The Labute approximate surface area is 126 Å². The Morgan fingerprint density at radius 2 is 2.05 bits per heavy atom. The standard InChI is InChI=1S/C15H15FN2O4/c1-3-12(14(19)17-13-8-9(2)22-18-13)21-15(20)10-4-6-11(16)7-5-10/h4-8,12H,3H2,1-2H3,(H,17,18,19)/t12-/m0/s1. The molecule has 0 spiro atoms. The van der Waals surface area contributed by atoms with Gasteiger partial charge < -0.3 is 14.6 Å². The molecule has 1 aromatic carbocycles. The molecule has 116 valence electrons. The molecule has 22 heavy (non-hydrogen) atoms. The van der Waals surface area contributed by atoms with Crippen LogP contribution in [0.3, 0.4) is 0 Å². The lowest BCUT2D eigenvalue weighted by molar-refractivity contribution is -0.124. The van der Waals surface area contributed by atoms with Crippen molar-refractivity contribution in [1.29, 1.82) is 0 Å². The molecule has 0 saturated carbocycles. The average Bonchev–Trinajstić information content (AvgIpc) is 2.90. The summed E-state index contributed by atoms with van der Waals surface area (Å²) in [5.41, 5.74) is 0.171. The number of carbonyl (C=O) groups is 2. The normalized spacial score (nSPS) is 11.8. The number of halogens is 1. The topological polar surface area (TPSA) is 81.4 Å². The van der Waals surface area contributed by atoms with E-state index in [-0.39, 0.29) is 17.8 Å². The summed E-state index contributed by atoms with van der Waals surface area (Å²) in [5.74, 6) is -0.863. The van der Waals surface area contributed by atoms with Crippen molar-refractivity contribution in [2.75, 3.05) is 5.32 Å². The van der Waals surface area contributed by atoms with Crippen LogP contribution in [0.15, 0.2) is 34.9 Å². The fourth-order valence-electron chi connectivity index (χ4n) is 1.74. The average molecular weight is 306 g/mol. The van der Waals surface area contributed by atoms with Crippen LogP contribution >= 0.6 is 0 Å². The van der Waals surface area contributed by atoms with Gasteiger partial charge in [0.05, 0.1) is 5.56 Å². The maximum absolute atomic E-state index is 12.8. The molecule has 1 heterocycles. The number of aromatic nitrogens is 1. The molecule has 0 unspecified atom stereocenters. The lowest BCUT2D eigenvalue weighted by Gasteiger charge is -2.15. The molecule has 0 fully saturated rings. The summed E-state index contributed by atoms with van der Waals surface area (Å²) in [5, 5.41) is 6.13. The number of benzene rings is 1. The first-order valence-electron chi connectivity index (χ1n) is 6.70. The van der Waals surface area contributed by atoms with Gasteiger partial charge in [-0.25, -0.2) is 9.18 Å². The van der Waals surface area contributed by atoms with Crippen LogP contribution in [0.5, 0.6) is 0 Å². The summed E-state index contributed by atoms with van der Waals surface area (Å²) >= 11 is 0. The molecule has 6 nitrogen and oxygen atoms in total. The fraction of sp³-hybridized carbons (Fsp3) is 0.267. The van der Waals surface area contributed by atoms with E-state index in [1.807, 2.05) is 0 Å². The van der Waals surface area contributed by atoms with Crippen molar-refractivity contribution < 1.29 is 23.2 Å². The van der Waals surface area contributed by atoms with Crippen LogP contribution in [0.1, 0.15) is 29.5 Å². The largest absolute Gasteiger partial charge is 0.449 e. The molecule has 2 aromatic rings. The fourth-order valence-corrected chi connectivity index (χ4v) is 1.74. The molecular weight excluding hydrogens is 291 g/mol. The summed E-state index contributed by atoms with van der Waals surface area (Å²) in [6.07, 6.45) is -0.690. The summed E-state index contributed by atoms with van der Waals surface area (Å²) in [6.45, 7) is 3.39. The third kappa shape index (κ3) is 3.91. The maximum Gasteiger partial charge on any atom is 0.338 e. The van der Waals surface area contributed by atoms with Gasteiger partial charge in [0.25, 0.3) is 5.91 Å². The number of aryl methyl sites for hydroxylation is 1. The van der Waals surface area contributed by atoms with Crippen molar-refractivity contribution in [3.8, 4) is 0 Å². The first-order chi connectivity index (χ1) is 10.5. The van der Waals surface area contributed by atoms with E-state index in [4.69, 9.17) is 9.26 Å². The van der Waals surface area contributed by atoms with Gasteiger partial charge in [0.2, 0.25) is 0 Å². The number of carbonyl (C=O) groups excluding carboxylic acids is 2. The van der Waals surface area contributed by atoms with Gasteiger partial charge in [0, 0.05) is 6.07 Å². The van der Waals surface area contributed by atoms with Crippen LogP contribution in [0.25, 0.3) is 0 Å². The highest BCUT2D eigenvalue weighted by Crippen LogP contribution is 2.12. The lowest BCUT2D eigenvalue weighted by atomic mass is 10.2. The second-order valence-electron chi connectivity index (χ2n) is 4.62. The Morgan fingerprint density at radius 3 is 2.59 bits per heavy atom. The van der Waals surface area contributed by atoms with E-state index in [1.165, 1.54) is 12.1 Å². The van der Waals surface area contributed by atoms with Gasteiger partial charge >= 0.3 is 5.97 Å². The van der Waals surface area contributed by atoms with Gasteiger partial charge in [-0.15, -0.1) is 0 Å². The van der Waals surface area contributed by atoms with Crippen LogP contribution in [-0.2, 0) is 9.53 Å². The van der Waals surface area contributed by atoms with Crippen LogP contribution < -0.4 is 5.32 Å². The second-order valence-corrected chi connectivity index (χ2v) is 4.62. The first-order valence-corrected chi connectivity index (χ1v) is 6.70. The Hall–Kier alpha value is -2.70. The number of amides is 1. The number of nitrogens with zero attached hydrogens (tertiary/aromatic N) is 1. The van der Waals surface area contributed by atoms with Crippen molar-refractivity contribution in [1.82, 2.24) is 5.16 Å². The van der Waals surface area contributed by atoms with E-state index in [1.54, 1.807) is 19.9 Å². The summed E-state index contributed by atoms with van der Waals surface area (Å²) < 4.78 is 22.8. The third-order valence-electron chi connectivity index (χ3n) is 2.87. The second kappa shape index (κ2) is 6.84. The number of anilines is 1. The molecule has 1 N–H and O–H groups in total. The number of ether oxygens (including phenoxy) is 1. The molecule has 0 aliphatic rings. The zero-order valence-corrected chi connectivity index (χ0v) is 12.1. The number of hydrogen-bond donors (Lipinski definition) is 1. The van der Waals surface area contributed by atoms with Crippen molar-refractivity contribution in [3.63, 3.8) is 0 Å². The monoisotopic (exact) mass is 306 g/mol. The third-order valence-corrected chi connectivity index (χ3v) is 2.87. The molecule has 1 aromatic heterocycles. The quantitative estimate of drug-likeness (QED) is 0.859. The minimum absolute atomic E-state index is 0.171. The molecule has 0 saturated heterocycles. The number of hydrogen-bond acceptors (Lipinski definition) is 5. The number of rotatable bonds is 5. The predicted molar refractivity (Wildman–Crippen MR) is 75.8 cm³/mol. The molecule has 0 radical (unpaired) electrons. The van der Waals surface area contributed by atoms with Crippen molar-refractivity contribution in [3.05, 3.63) is 47.5 Å². The zero-order valence-electron chi connectivity index (χ0n) is 12.1. The highest BCUT2D eigenvalue weighted by Gasteiger charge is 2.23. The van der Waals surface area contributed by atoms with E-state index < -0.39 is 23.8 Å². The van der Waals surface area contributed by atoms with Gasteiger partial charge in [-0.1, -0.05) is 12.1 Å². The number of esters is 1. The van der Waals surface area contributed by atoms with E-state index in [2.05, 4.69) is 10.5 Å². The molecule has 0 aliphatic carbocycles.